The molecule has 3 aromatic rings. The number of halogens is 1. The van der Waals surface area contributed by atoms with E-state index in [2.05, 4.69) is 20.7 Å². The number of methoxy groups -OCH3 is 1. The van der Waals surface area contributed by atoms with Gasteiger partial charge in [0.15, 0.2) is 0 Å². The van der Waals surface area contributed by atoms with Crippen molar-refractivity contribution in [2.75, 3.05) is 12.4 Å². The van der Waals surface area contributed by atoms with Crippen molar-refractivity contribution in [1.82, 2.24) is 15.4 Å². The fourth-order valence-electron chi connectivity index (χ4n) is 2.12. The molecule has 3 rings (SSSR count). The molecule has 0 aliphatic heterocycles. The van der Waals surface area contributed by atoms with Crippen LogP contribution in [0.3, 0.4) is 0 Å². The highest BCUT2D eigenvalue weighted by atomic mass is 35.5. The SMILES string of the molecule is COCc1nnc(NC(=O)c2c(-c3ccccc3Cl)noc2C)s1. The van der Waals surface area contributed by atoms with Gasteiger partial charge in [-0.15, -0.1) is 10.2 Å². The van der Waals surface area contributed by atoms with E-state index in [9.17, 15) is 4.79 Å². The maximum Gasteiger partial charge on any atom is 0.263 e. The van der Waals surface area contributed by atoms with Gasteiger partial charge < -0.3 is 9.26 Å². The Morgan fingerprint density at radius 3 is 2.92 bits per heavy atom. The Kier molecular flexibility index (Phi) is 4.89. The number of ether oxygens (including phenoxy) is 1. The molecule has 0 saturated carbocycles. The number of benzene rings is 1. The van der Waals surface area contributed by atoms with Crippen LogP contribution in [0.1, 0.15) is 21.1 Å². The molecule has 7 nitrogen and oxygen atoms in total. The molecule has 0 fully saturated rings. The van der Waals surface area contributed by atoms with E-state index in [4.69, 9.17) is 20.9 Å². The third kappa shape index (κ3) is 3.30. The molecule has 0 unspecified atom stereocenters. The minimum atomic E-state index is -0.385. The summed E-state index contributed by atoms with van der Waals surface area (Å²) in [6.07, 6.45) is 0. The first-order valence-corrected chi connectivity index (χ1v) is 8.13. The van der Waals surface area contributed by atoms with Crippen molar-refractivity contribution in [2.24, 2.45) is 0 Å². The molecule has 1 N–H and O–H groups in total. The molecule has 0 spiro atoms. The fourth-order valence-corrected chi connectivity index (χ4v) is 3.05. The first-order valence-electron chi connectivity index (χ1n) is 6.94. The summed E-state index contributed by atoms with van der Waals surface area (Å²) in [4.78, 5) is 12.6. The summed E-state index contributed by atoms with van der Waals surface area (Å²) in [5, 5.41) is 16.0. The average Bonchev–Trinajstić information content (AvgIpc) is 3.15. The average molecular weight is 365 g/mol. The minimum Gasteiger partial charge on any atom is -0.377 e. The summed E-state index contributed by atoms with van der Waals surface area (Å²) >= 11 is 7.43. The van der Waals surface area contributed by atoms with Crippen LogP contribution < -0.4 is 5.32 Å². The smallest absolute Gasteiger partial charge is 0.263 e. The first-order chi connectivity index (χ1) is 11.6. The number of anilines is 1. The number of hydrogen-bond acceptors (Lipinski definition) is 7. The van der Waals surface area contributed by atoms with Gasteiger partial charge in [-0.25, -0.2) is 0 Å². The van der Waals surface area contributed by atoms with E-state index in [1.807, 2.05) is 6.07 Å². The second-order valence-corrected chi connectivity index (χ2v) is 6.30. The zero-order valence-electron chi connectivity index (χ0n) is 12.9. The molecule has 0 aliphatic rings. The highest BCUT2D eigenvalue weighted by molar-refractivity contribution is 7.15. The number of aryl methyl sites for hydroxylation is 1. The summed E-state index contributed by atoms with van der Waals surface area (Å²) in [5.74, 6) is 0.00726. The Hall–Kier alpha value is -2.29. The summed E-state index contributed by atoms with van der Waals surface area (Å²) in [6.45, 7) is 2.00. The molecule has 0 saturated heterocycles. The summed E-state index contributed by atoms with van der Waals surface area (Å²) in [7, 11) is 1.57. The first kappa shape index (κ1) is 16.6. The van der Waals surface area contributed by atoms with Crippen molar-refractivity contribution in [3.05, 3.63) is 45.6 Å². The third-order valence-corrected chi connectivity index (χ3v) is 4.32. The zero-order valence-corrected chi connectivity index (χ0v) is 14.4. The van der Waals surface area contributed by atoms with Crippen LogP contribution in [0.5, 0.6) is 0 Å². The van der Waals surface area contributed by atoms with E-state index < -0.39 is 0 Å². The zero-order chi connectivity index (χ0) is 17.1. The highest BCUT2D eigenvalue weighted by Gasteiger charge is 2.24. The summed E-state index contributed by atoms with van der Waals surface area (Å²) < 4.78 is 10.2. The predicted molar refractivity (Wildman–Crippen MR) is 90.3 cm³/mol. The van der Waals surface area contributed by atoms with Gasteiger partial charge in [0, 0.05) is 12.7 Å². The highest BCUT2D eigenvalue weighted by Crippen LogP contribution is 2.31. The van der Waals surface area contributed by atoms with Crippen LogP contribution in [0.2, 0.25) is 5.02 Å². The van der Waals surface area contributed by atoms with E-state index in [1.54, 1.807) is 32.2 Å². The number of aromatic nitrogens is 3. The number of amides is 1. The van der Waals surface area contributed by atoms with Gasteiger partial charge in [-0.1, -0.05) is 46.3 Å². The van der Waals surface area contributed by atoms with E-state index >= 15 is 0 Å². The second kappa shape index (κ2) is 7.08. The standard InChI is InChI=1S/C15H13ClN4O3S/c1-8-12(13(20-23-8)9-5-3-4-6-10(9)16)14(21)17-15-19-18-11(24-15)7-22-2/h3-6H,7H2,1-2H3,(H,17,19,21). The van der Waals surface area contributed by atoms with Crippen molar-refractivity contribution in [1.29, 1.82) is 0 Å². The number of nitrogens with zero attached hydrogens (tertiary/aromatic N) is 3. The number of nitrogens with one attached hydrogen (secondary N) is 1. The molecule has 0 bridgehead atoms. The Morgan fingerprint density at radius 1 is 1.38 bits per heavy atom. The topological polar surface area (TPSA) is 90.1 Å². The van der Waals surface area contributed by atoms with Gasteiger partial charge in [-0.3, -0.25) is 10.1 Å². The van der Waals surface area contributed by atoms with Gasteiger partial charge in [-0.05, 0) is 13.0 Å². The van der Waals surface area contributed by atoms with Gasteiger partial charge in [0.1, 0.15) is 28.6 Å². The summed E-state index contributed by atoms with van der Waals surface area (Å²) in [5.41, 5.74) is 1.32. The maximum atomic E-state index is 12.6. The second-order valence-electron chi connectivity index (χ2n) is 4.83. The third-order valence-electron chi connectivity index (χ3n) is 3.17. The Labute approximate surface area is 146 Å². The maximum absolute atomic E-state index is 12.6. The van der Waals surface area contributed by atoms with Gasteiger partial charge in [0.25, 0.3) is 5.91 Å². The number of hydrogen-bond donors (Lipinski definition) is 1. The van der Waals surface area contributed by atoms with E-state index in [1.165, 1.54) is 11.3 Å². The van der Waals surface area contributed by atoms with Gasteiger partial charge in [0.2, 0.25) is 5.13 Å². The van der Waals surface area contributed by atoms with Crippen LogP contribution in [0.25, 0.3) is 11.3 Å². The predicted octanol–water partition coefficient (Wildman–Crippen LogP) is 3.55. The molecule has 24 heavy (non-hydrogen) atoms. The van der Waals surface area contributed by atoms with Crippen LogP contribution in [0.4, 0.5) is 5.13 Å². The molecule has 9 heteroatoms. The molecule has 2 heterocycles. The van der Waals surface area contributed by atoms with Crippen molar-refractivity contribution in [3.8, 4) is 11.3 Å². The van der Waals surface area contributed by atoms with Crippen LogP contribution in [-0.4, -0.2) is 28.4 Å². The van der Waals surface area contributed by atoms with E-state index in [-0.39, 0.29) is 5.91 Å². The van der Waals surface area contributed by atoms with Gasteiger partial charge in [-0.2, -0.15) is 0 Å². The van der Waals surface area contributed by atoms with Crippen molar-refractivity contribution >= 4 is 34.0 Å². The van der Waals surface area contributed by atoms with Crippen molar-refractivity contribution in [3.63, 3.8) is 0 Å². The van der Waals surface area contributed by atoms with Crippen molar-refractivity contribution < 1.29 is 14.1 Å². The van der Waals surface area contributed by atoms with Crippen molar-refractivity contribution in [2.45, 2.75) is 13.5 Å². The molecule has 1 aromatic carbocycles. The Bertz CT molecular complexity index is 877. The molecule has 2 aromatic heterocycles. The van der Waals surface area contributed by atoms with Crippen LogP contribution >= 0.6 is 22.9 Å². The molecule has 0 atom stereocenters. The van der Waals surface area contributed by atoms with Crippen LogP contribution in [0.15, 0.2) is 28.8 Å². The molecule has 0 aliphatic carbocycles. The summed E-state index contributed by atoms with van der Waals surface area (Å²) in [6, 6.07) is 7.12. The van der Waals surface area contributed by atoms with Gasteiger partial charge >= 0.3 is 0 Å². The largest absolute Gasteiger partial charge is 0.377 e. The molecule has 0 radical (unpaired) electrons. The lowest BCUT2D eigenvalue weighted by Gasteiger charge is -2.04. The lowest BCUT2D eigenvalue weighted by Crippen LogP contribution is -2.13. The molecular weight excluding hydrogens is 352 g/mol. The lowest BCUT2D eigenvalue weighted by molar-refractivity contribution is 0.102. The fraction of sp³-hybridized carbons (Fsp3) is 0.200. The van der Waals surface area contributed by atoms with Crippen LogP contribution in [-0.2, 0) is 11.3 Å². The van der Waals surface area contributed by atoms with Crippen LogP contribution in [0, 0.1) is 6.92 Å². The number of carbonyl (C=O) groups excluding carboxylic acids is 1. The normalized spacial score (nSPS) is 10.8. The minimum absolute atomic E-state index is 0.312. The Balaban J connectivity index is 1.90. The number of rotatable bonds is 5. The Morgan fingerprint density at radius 2 is 2.17 bits per heavy atom. The van der Waals surface area contributed by atoms with E-state index in [0.29, 0.717) is 44.3 Å². The quantitative estimate of drug-likeness (QED) is 0.744. The molecule has 124 valence electrons. The molecular formula is C15H13ClN4O3S. The van der Waals surface area contributed by atoms with Gasteiger partial charge in [0.05, 0.1) is 5.02 Å². The number of carbonyl (C=O) groups is 1. The molecule has 1 amide bonds. The monoisotopic (exact) mass is 364 g/mol. The van der Waals surface area contributed by atoms with E-state index in [0.717, 1.165) is 0 Å². The lowest BCUT2D eigenvalue weighted by atomic mass is 10.1.